The van der Waals surface area contributed by atoms with Crippen LogP contribution in [0.15, 0.2) is 18.3 Å². The predicted octanol–water partition coefficient (Wildman–Crippen LogP) is 3.31. The molecule has 2 saturated heterocycles. The third-order valence-electron chi connectivity index (χ3n) is 6.53. The lowest BCUT2D eigenvalue weighted by Crippen LogP contribution is -2.37. The van der Waals surface area contributed by atoms with Crippen molar-refractivity contribution in [2.24, 2.45) is 5.92 Å². The number of piperidine rings is 1. The van der Waals surface area contributed by atoms with Gasteiger partial charge in [-0.15, -0.1) is 0 Å². The molecule has 0 bridgehead atoms. The number of anilines is 1. The number of rotatable bonds is 8. The van der Waals surface area contributed by atoms with E-state index in [1.165, 1.54) is 0 Å². The Morgan fingerprint density at radius 3 is 2.41 bits per heavy atom. The first-order valence-electron chi connectivity index (χ1n) is 11.9. The van der Waals surface area contributed by atoms with Crippen LogP contribution < -0.4 is 24.4 Å². The van der Waals surface area contributed by atoms with E-state index in [1.54, 1.807) is 27.5 Å². The summed E-state index contributed by atoms with van der Waals surface area (Å²) >= 11 is 0. The van der Waals surface area contributed by atoms with Gasteiger partial charge < -0.3 is 29.2 Å². The fourth-order valence-electron chi connectivity index (χ4n) is 4.45. The van der Waals surface area contributed by atoms with Gasteiger partial charge in [0.15, 0.2) is 17.3 Å². The third-order valence-corrected chi connectivity index (χ3v) is 6.53. The smallest absolute Gasteiger partial charge is 0.256 e. The molecule has 34 heavy (non-hydrogen) atoms. The summed E-state index contributed by atoms with van der Waals surface area (Å²) in [6.45, 7) is 5.19. The molecule has 3 heterocycles. The first-order valence-corrected chi connectivity index (χ1v) is 11.9. The summed E-state index contributed by atoms with van der Waals surface area (Å²) in [4.78, 5) is 24.7. The number of amides is 1. The maximum absolute atomic E-state index is 13.1. The molecular weight excluding hydrogens is 436 g/mol. The molecule has 0 unspecified atom stereocenters. The molecule has 1 aromatic heterocycles. The quantitative estimate of drug-likeness (QED) is 0.628. The Balaban J connectivity index is 1.68. The molecule has 2 aliphatic heterocycles. The third kappa shape index (κ3) is 5.19. The standard InChI is InChI=1S/C25H34N4O5/c1-16-7-9-29(10-8-16)24-19(25(30)27-14-18-6-5-11-34-18)15-26-23(28-24)17-12-20(31-2)22(33-4)21(13-17)32-3/h12-13,15-16,18H,5-11,14H2,1-4H3,(H,27,30)/t18-/m0/s1. The van der Waals surface area contributed by atoms with Gasteiger partial charge in [0.1, 0.15) is 11.4 Å². The molecule has 0 spiro atoms. The number of hydrogen-bond acceptors (Lipinski definition) is 8. The highest BCUT2D eigenvalue weighted by molar-refractivity contribution is 5.99. The van der Waals surface area contributed by atoms with Crippen molar-refractivity contribution >= 4 is 11.7 Å². The summed E-state index contributed by atoms with van der Waals surface area (Å²) in [7, 11) is 4.71. The van der Waals surface area contributed by atoms with Gasteiger partial charge in [-0.25, -0.2) is 9.97 Å². The van der Waals surface area contributed by atoms with Gasteiger partial charge in [0.25, 0.3) is 5.91 Å². The average Bonchev–Trinajstić information content (AvgIpc) is 3.40. The van der Waals surface area contributed by atoms with Crippen molar-refractivity contribution in [1.29, 1.82) is 0 Å². The Morgan fingerprint density at radius 1 is 1.12 bits per heavy atom. The number of carbonyl (C=O) groups excluding carboxylic acids is 1. The van der Waals surface area contributed by atoms with Crippen molar-refractivity contribution in [1.82, 2.24) is 15.3 Å². The summed E-state index contributed by atoms with van der Waals surface area (Å²) in [6, 6.07) is 3.63. The molecule has 2 aliphatic rings. The summed E-state index contributed by atoms with van der Waals surface area (Å²) in [5.41, 5.74) is 1.19. The van der Waals surface area contributed by atoms with Crippen LogP contribution in [-0.4, -0.2) is 69.5 Å². The van der Waals surface area contributed by atoms with Crippen LogP contribution in [0, 0.1) is 5.92 Å². The highest BCUT2D eigenvalue weighted by atomic mass is 16.5. The second-order valence-electron chi connectivity index (χ2n) is 8.86. The van der Waals surface area contributed by atoms with Gasteiger partial charge in [0, 0.05) is 38.0 Å². The van der Waals surface area contributed by atoms with Crippen molar-refractivity contribution in [2.75, 3.05) is 52.5 Å². The second kappa shape index (κ2) is 10.9. The number of nitrogens with zero attached hydrogens (tertiary/aromatic N) is 3. The Kier molecular flexibility index (Phi) is 7.72. The lowest BCUT2D eigenvalue weighted by molar-refractivity contribution is 0.0857. The highest BCUT2D eigenvalue weighted by Gasteiger charge is 2.25. The van der Waals surface area contributed by atoms with E-state index < -0.39 is 0 Å². The lowest BCUT2D eigenvalue weighted by atomic mass is 9.99. The predicted molar refractivity (Wildman–Crippen MR) is 129 cm³/mol. The summed E-state index contributed by atoms with van der Waals surface area (Å²) < 4.78 is 22.1. The molecule has 1 atom stereocenters. The zero-order valence-electron chi connectivity index (χ0n) is 20.4. The van der Waals surface area contributed by atoms with E-state index >= 15 is 0 Å². The highest BCUT2D eigenvalue weighted by Crippen LogP contribution is 2.41. The van der Waals surface area contributed by atoms with Gasteiger partial charge in [-0.2, -0.15) is 0 Å². The zero-order valence-corrected chi connectivity index (χ0v) is 20.4. The van der Waals surface area contributed by atoms with E-state index in [4.69, 9.17) is 23.9 Å². The van der Waals surface area contributed by atoms with E-state index in [0.29, 0.717) is 52.5 Å². The Hall–Kier alpha value is -3.07. The van der Waals surface area contributed by atoms with Crippen molar-refractivity contribution in [3.8, 4) is 28.6 Å². The Bertz CT molecular complexity index is 976. The lowest BCUT2D eigenvalue weighted by Gasteiger charge is -2.32. The molecule has 0 aliphatic carbocycles. The summed E-state index contributed by atoms with van der Waals surface area (Å²) in [5.74, 6) is 3.16. The van der Waals surface area contributed by atoms with E-state index in [2.05, 4.69) is 22.1 Å². The fraction of sp³-hybridized carbons (Fsp3) is 0.560. The van der Waals surface area contributed by atoms with Crippen LogP contribution in [0.25, 0.3) is 11.4 Å². The van der Waals surface area contributed by atoms with Crippen molar-refractivity contribution in [3.63, 3.8) is 0 Å². The molecule has 4 rings (SSSR count). The maximum Gasteiger partial charge on any atom is 0.256 e. The molecule has 1 N–H and O–H groups in total. The molecule has 184 valence electrons. The number of hydrogen-bond donors (Lipinski definition) is 1. The van der Waals surface area contributed by atoms with Crippen LogP contribution >= 0.6 is 0 Å². The van der Waals surface area contributed by atoms with Crippen LogP contribution in [0.5, 0.6) is 17.2 Å². The zero-order chi connectivity index (χ0) is 24.1. The number of ether oxygens (including phenoxy) is 4. The van der Waals surface area contributed by atoms with E-state index in [-0.39, 0.29) is 12.0 Å². The average molecular weight is 471 g/mol. The largest absolute Gasteiger partial charge is 0.493 e. The van der Waals surface area contributed by atoms with E-state index in [1.807, 2.05) is 12.1 Å². The van der Waals surface area contributed by atoms with Crippen molar-refractivity contribution in [3.05, 3.63) is 23.9 Å². The van der Waals surface area contributed by atoms with Gasteiger partial charge >= 0.3 is 0 Å². The van der Waals surface area contributed by atoms with E-state index in [9.17, 15) is 4.79 Å². The number of benzene rings is 1. The fourth-order valence-corrected chi connectivity index (χ4v) is 4.45. The Labute approximate surface area is 200 Å². The van der Waals surface area contributed by atoms with Gasteiger partial charge in [0.05, 0.1) is 27.4 Å². The minimum Gasteiger partial charge on any atom is -0.493 e. The Morgan fingerprint density at radius 2 is 1.82 bits per heavy atom. The molecule has 1 aromatic carbocycles. The van der Waals surface area contributed by atoms with Gasteiger partial charge in [-0.1, -0.05) is 6.92 Å². The van der Waals surface area contributed by atoms with Crippen LogP contribution in [0.2, 0.25) is 0 Å². The minimum absolute atomic E-state index is 0.0719. The monoisotopic (exact) mass is 470 g/mol. The van der Waals surface area contributed by atoms with Crippen molar-refractivity contribution in [2.45, 2.75) is 38.7 Å². The first-order chi connectivity index (χ1) is 16.5. The molecule has 0 saturated carbocycles. The molecule has 1 amide bonds. The molecular formula is C25H34N4O5. The molecule has 2 aromatic rings. The maximum atomic E-state index is 13.1. The SMILES string of the molecule is COc1cc(-c2ncc(C(=O)NC[C@@H]3CCCO3)c(N3CCC(C)CC3)n2)cc(OC)c1OC. The second-order valence-corrected chi connectivity index (χ2v) is 8.86. The van der Waals surface area contributed by atoms with Crippen LogP contribution in [0.4, 0.5) is 5.82 Å². The summed E-state index contributed by atoms with van der Waals surface area (Å²) in [5, 5.41) is 3.01. The van der Waals surface area contributed by atoms with Crippen molar-refractivity contribution < 1.29 is 23.7 Å². The molecule has 9 heteroatoms. The summed E-state index contributed by atoms with van der Waals surface area (Å²) in [6.07, 6.45) is 5.80. The van der Waals surface area contributed by atoms with Crippen LogP contribution in [-0.2, 0) is 4.74 Å². The molecule has 2 fully saturated rings. The molecule has 0 radical (unpaired) electrons. The number of nitrogens with one attached hydrogen (secondary N) is 1. The number of methoxy groups -OCH3 is 3. The first kappa shape index (κ1) is 24.1. The topological polar surface area (TPSA) is 95.0 Å². The van der Waals surface area contributed by atoms with E-state index in [0.717, 1.165) is 45.4 Å². The normalized spacial score (nSPS) is 18.6. The number of carbonyl (C=O) groups is 1. The van der Waals surface area contributed by atoms with Gasteiger partial charge in [-0.05, 0) is 43.7 Å². The number of aromatic nitrogens is 2. The van der Waals surface area contributed by atoms with Gasteiger partial charge in [-0.3, -0.25) is 4.79 Å². The minimum atomic E-state index is -0.180. The van der Waals surface area contributed by atoms with Crippen LogP contribution in [0.1, 0.15) is 43.0 Å². The van der Waals surface area contributed by atoms with Gasteiger partial charge in [0.2, 0.25) is 5.75 Å². The van der Waals surface area contributed by atoms with Crippen LogP contribution in [0.3, 0.4) is 0 Å². The molecule has 9 nitrogen and oxygen atoms in total.